The Morgan fingerprint density at radius 1 is 0.971 bits per heavy atom. The fourth-order valence-corrected chi connectivity index (χ4v) is 5.91. The van der Waals surface area contributed by atoms with E-state index in [1.807, 2.05) is 13.0 Å². The van der Waals surface area contributed by atoms with Crippen LogP contribution in [0.2, 0.25) is 0 Å². The number of ether oxygens (including phenoxy) is 3. The Bertz CT molecular complexity index is 1020. The molecule has 184 valence electrons. The average molecular weight is 479 g/mol. The molecule has 1 unspecified atom stereocenters. The second-order valence-corrected chi connectivity index (χ2v) is 9.98. The van der Waals surface area contributed by atoms with Crippen molar-refractivity contribution in [2.24, 2.45) is 17.8 Å². The van der Waals surface area contributed by atoms with Crippen LogP contribution in [-0.4, -0.2) is 25.1 Å². The third-order valence-corrected chi connectivity index (χ3v) is 7.78. The molecular weight excluding hydrogens is 448 g/mol. The van der Waals surface area contributed by atoms with Crippen molar-refractivity contribution in [3.63, 3.8) is 0 Å². The third-order valence-electron chi connectivity index (χ3n) is 7.78. The molecular formula is C27H30F4O3. The Balaban J connectivity index is 1.34. The Morgan fingerprint density at radius 2 is 1.62 bits per heavy atom. The molecule has 34 heavy (non-hydrogen) atoms. The van der Waals surface area contributed by atoms with Gasteiger partial charge in [-0.1, -0.05) is 32.4 Å². The van der Waals surface area contributed by atoms with Gasteiger partial charge in [-0.2, -0.15) is 0 Å². The van der Waals surface area contributed by atoms with Crippen LogP contribution in [0.5, 0.6) is 0 Å². The smallest absolute Gasteiger partial charge is 0.194 e. The molecule has 1 spiro atoms. The minimum absolute atomic E-state index is 0.0103. The van der Waals surface area contributed by atoms with E-state index < -0.39 is 28.9 Å². The summed E-state index contributed by atoms with van der Waals surface area (Å²) in [5.74, 6) is -4.33. The minimum Gasteiger partial charge on any atom is -0.484 e. The minimum atomic E-state index is -1.57. The predicted molar refractivity (Wildman–Crippen MR) is 120 cm³/mol. The molecule has 5 rings (SSSR count). The summed E-state index contributed by atoms with van der Waals surface area (Å²) < 4.78 is 74.9. The highest BCUT2D eigenvalue weighted by molar-refractivity contribution is 5.80. The van der Waals surface area contributed by atoms with Gasteiger partial charge in [0, 0.05) is 23.3 Å². The van der Waals surface area contributed by atoms with Gasteiger partial charge < -0.3 is 14.2 Å². The summed E-state index contributed by atoms with van der Waals surface area (Å²) in [6.07, 6.45) is 8.47. The third kappa shape index (κ3) is 4.01. The topological polar surface area (TPSA) is 27.7 Å². The van der Waals surface area contributed by atoms with Gasteiger partial charge in [-0.3, -0.25) is 0 Å². The second kappa shape index (κ2) is 9.15. The number of fused-ring (bicyclic) bond motifs is 3. The molecule has 0 N–H and O–H groups in total. The number of allylic oxidation sites excluding steroid dienone is 5. The highest BCUT2D eigenvalue weighted by Crippen LogP contribution is 2.55. The van der Waals surface area contributed by atoms with Crippen molar-refractivity contribution in [1.29, 1.82) is 0 Å². The molecule has 4 aliphatic rings. The quantitative estimate of drug-likeness (QED) is 0.345. The molecule has 3 fully saturated rings. The number of hydrogen-bond donors (Lipinski definition) is 0. The van der Waals surface area contributed by atoms with Gasteiger partial charge in [0.05, 0.1) is 13.2 Å². The molecule has 2 bridgehead atoms. The highest BCUT2D eigenvalue weighted by atomic mass is 19.2. The van der Waals surface area contributed by atoms with Gasteiger partial charge in [-0.25, -0.2) is 17.6 Å². The maximum atomic E-state index is 15.6. The van der Waals surface area contributed by atoms with E-state index >= 15 is 4.39 Å². The Morgan fingerprint density at radius 3 is 2.24 bits per heavy atom. The van der Waals surface area contributed by atoms with Gasteiger partial charge in [0.25, 0.3) is 0 Å². The van der Waals surface area contributed by atoms with Crippen molar-refractivity contribution in [1.82, 2.24) is 0 Å². The van der Waals surface area contributed by atoms with Crippen LogP contribution in [0.25, 0.3) is 5.57 Å². The summed E-state index contributed by atoms with van der Waals surface area (Å²) in [5.41, 5.74) is 0.294. The number of rotatable bonds is 4. The Hall–Kier alpha value is -2.12. The van der Waals surface area contributed by atoms with E-state index in [0.717, 1.165) is 69.4 Å². The first-order valence-corrected chi connectivity index (χ1v) is 12.2. The van der Waals surface area contributed by atoms with Crippen LogP contribution in [0.1, 0.15) is 57.9 Å². The zero-order valence-electron chi connectivity index (χ0n) is 19.5. The van der Waals surface area contributed by atoms with Gasteiger partial charge in [-0.05, 0) is 55.4 Å². The van der Waals surface area contributed by atoms with E-state index in [-0.39, 0.29) is 35.0 Å². The summed E-state index contributed by atoms with van der Waals surface area (Å²) >= 11 is 0. The molecule has 2 aliphatic heterocycles. The van der Waals surface area contributed by atoms with E-state index in [0.29, 0.717) is 5.92 Å². The summed E-state index contributed by atoms with van der Waals surface area (Å²) in [6, 6.07) is 1.62. The van der Waals surface area contributed by atoms with E-state index in [9.17, 15) is 13.2 Å². The standard InChI is InChI=1S/C27H30F4O3/c1-3-4-16-13-32-26(33-14-16)17-7-9-27(10-8-17)20-6-5-19(23(30)25(34-27)15(20)2)18-11-21(28)24(31)22(29)12-18/h5-6,11-12,15-17,26H,3-4,7-10,13-14H2,1-2H3. The lowest BCUT2D eigenvalue weighted by atomic mass is 9.73. The number of hydrogen-bond acceptors (Lipinski definition) is 3. The largest absolute Gasteiger partial charge is 0.484 e. The zero-order valence-corrected chi connectivity index (χ0v) is 19.5. The van der Waals surface area contributed by atoms with Crippen LogP contribution in [0.4, 0.5) is 17.6 Å². The first-order chi connectivity index (χ1) is 16.3. The summed E-state index contributed by atoms with van der Waals surface area (Å²) in [5, 5.41) is 0. The van der Waals surface area contributed by atoms with Crippen molar-refractivity contribution in [3.8, 4) is 0 Å². The Kier molecular flexibility index (Phi) is 6.36. The molecule has 0 radical (unpaired) electrons. The van der Waals surface area contributed by atoms with Crippen LogP contribution in [0.3, 0.4) is 0 Å². The molecule has 1 saturated carbocycles. The monoisotopic (exact) mass is 478 g/mol. The van der Waals surface area contributed by atoms with Gasteiger partial charge in [0.2, 0.25) is 0 Å². The molecule has 2 heterocycles. The lowest BCUT2D eigenvalue weighted by Gasteiger charge is -2.41. The molecule has 3 nitrogen and oxygen atoms in total. The predicted octanol–water partition coefficient (Wildman–Crippen LogP) is 6.99. The van der Waals surface area contributed by atoms with Crippen LogP contribution in [0.15, 0.2) is 41.4 Å². The molecule has 2 saturated heterocycles. The molecule has 1 aromatic rings. The van der Waals surface area contributed by atoms with Crippen molar-refractivity contribution >= 4 is 5.57 Å². The van der Waals surface area contributed by atoms with Crippen molar-refractivity contribution in [3.05, 3.63) is 64.5 Å². The molecule has 7 heteroatoms. The lowest BCUT2D eigenvalue weighted by Crippen LogP contribution is -2.42. The van der Waals surface area contributed by atoms with Gasteiger partial charge in [-0.15, -0.1) is 0 Å². The van der Waals surface area contributed by atoms with Crippen molar-refractivity contribution < 1.29 is 31.8 Å². The van der Waals surface area contributed by atoms with E-state index in [1.165, 1.54) is 6.08 Å². The van der Waals surface area contributed by atoms with Crippen LogP contribution >= 0.6 is 0 Å². The molecule has 1 atom stereocenters. The zero-order chi connectivity index (χ0) is 24.0. The maximum absolute atomic E-state index is 15.6. The van der Waals surface area contributed by atoms with E-state index in [4.69, 9.17) is 14.2 Å². The molecule has 0 amide bonds. The Labute approximate surface area is 197 Å². The van der Waals surface area contributed by atoms with Gasteiger partial charge in [0.1, 0.15) is 11.4 Å². The molecule has 0 aromatic heterocycles. The second-order valence-electron chi connectivity index (χ2n) is 9.98. The van der Waals surface area contributed by atoms with Crippen LogP contribution in [0, 0.1) is 35.2 Å². The first kappa shape index (κ1) is 23.6. The van der Waals surface area contributed by atoms with Gasteiger partial charge in [0.15, 0.2) is 29.6 Å². The lowest BCUT2D eigenvalue weighted by molar-refractivity contribution is -0.232. The van der Waals surface area contributed by atoms with E-state index in [2.05, 4.69) is 6.92 Å². The van der Waals surface area contributed by atoms with Crippen LogP contribution < -0.4 is 0 Å². The first-order valence-electron chi connectivity index (χ1n) is 12.2. The number of halogens is 4. The SMILES string of the molecule is CCCC1COC(C2CCC3(CC2)OC2=C(F)C(c4cc(F)c(F)c(F)c4)=CC=C3C2C)OC1. The molecule has 2 aliphatic carbocycles. The van der Waals surface area contributed by atoms with Gasteiger partial charge >= 0.3 is 0 Å². The summed E-state index contributed by atoms with van der Waals surface area (Å²) in [4.78, 5) is 0. The maximum Gasteiger partial charge on any atom is 0.194 e. The normalized spacial score (nSPS) is 33.5. The molecule has 1 aromatic carbocycles. The van der Waals surface area contributed by atoms with Crippen molar-refractivity contribution in [2.45, 2.75) is 64.3 Å². The van der Waals surface area contributed by atoms with E-state index in [1.54, 1.807) is 0 Å². The fourth-order valence-electron chi connectivity index (χ4n) is 5.91. The fraction of sp³-hybridized carbons (Fsp3) is 0.556. The highest BCUT2D eigenvalue weighted by Gasteiger charge is 2.52. The number of benzene rings is 1. The summed E-state index contributed by atoms with van der Waals surface area (Å²) in [7, 11) is 0. The van der Waals surface area contributed by atoms with Crippen LogP contribution in [-0.2, 0) is 14.2 Å². The van der Waals surface area contributed by atoms with Crippen molar-refractivity contribution in [2.75, 3.05) is 13.2 Å². The average Bonchev–Trinajstić information content (AvgIpc) is 3.02. The summed E-state index contributed by atoms with van der Waals surface area (Å²) in [6.45, 7) is 5.50.